The number of rotatable bonds is 5. The van der Waals surface area contributed by atoms with Gasteiger partial charge in [-0.2, -0.15) is 5.10 Å². The van der Waals surface area contributed by atoms with E-state index in [1.807, 2.05) is 0 Å². The van der Waals surface area contributed by atoms with Gasteiger partial charge in [0.2, 0.25) is 0 Å². The Morgan fingerprint density at radius 3 is 3.00 bits per heavy atom. The van der Waals surface area contributed by atoms with Crippen LogP contribution in [0.3, 0.4) is 0 Å². The number of hydrogen-bond acceptors (Lipinski definition) is 5. The minimum Gasteiger partial charge on any atom is -0.461 e. The summed E-state index contributed by atoms with van der Waals surface area (Å²) in [7, 11) is 1.59. The van der Waals surface area contributed by atoms with Crippen LogP contribution in [0, 0.1) is 0 Å². The van der Waals surface area contributed by atoms with Crippen molar-refractivity contribution in [2.24, 2.45) is 0 Å². The predicted octanol–water partition coefficient (Wildman–Crippen LogP) is 0.288. The van der Waals surface area contributed by atoms with E-state index >= 15 is 0 Å². The summed E-state index contributed by atoms with van der Waals surface area (Å²) in [6.07, 6.45) is 0. The zero-order valence-electron chi connectivity index (χ0n) is 8.90. The molecule has 0 atom stereocenters. The van der Waals surface area contributed by atoms with Gasteiger partial charge in [0.05, 0.1) is 19.8 Å². The first kappa shape index (κ1) is 11.5. The maximum Gasteiger partial charge on any atom is 0.358 e. The fourth-order valence-electron chi connectivity index (χ4n) is 1.09. The van der Waals surface area contributed by atoms with Crippen LogP contribution in [-0.4, -0.2) is 36.1 Å². The normalized spacial score (nSPS) is 10.3. The Hall–Kier alpha value is -1.56. The summed E-state index contributed by atoms with van der Waals surface area (Å²) < 4.78 is 11.2. The van der Waals surface area contributed by atoms with E-state index in [-0.39, 0.29) is 5.69 Å². The molecule has 0 radical (unpaired) electrons. The van der Waals surface area contributed by atoms with Gasteiger partial charge < -0.3 is 15.2 Å². The van der Waals surface area contributed by atoms with Gasteiger partial charge in [0.25, 0.3) is 0 Å². The molecule has 6 nitrogen and oxygen atoms in total. The molecule has 2 N–H and O–H groups in total. The number of hydrogen-bond donors (Lipinski definition) is 1. The third-order valence-corrected chi connectivity index (χ3v) is 1.80. The maximum atomic E-state index is 11.3. The molecule has 1 heterocycles. The Kier molecular flexibility index (Phi) is 4.11. The van der Waals surface area contributed by atoms with E-state index in [0.29, 0.717) is 25.6 Å². The molecule has 0 amide bonds. The van der Waals surface area contributed by atoms with Crippen LogP contribution in [0.5, 0.6) is 0 Å². The molecule has 0 saturated carbocycles. The number of esters is 1. The smallest absolute Gasteiger partial charge is 0.358 e. The van der Waals surface area contributed by atoms with Gasteiger partial charge in [-0.05, 0) is 6.92 Å². The molecule has 0 saturated heterocycles. The molecule has 84 valence electrons. The first-order valence-electron chi connectivity index (χ1n) is 4.68. The largest absolute Gasteiger partial charge is 0.461 e. The summed E-state index contributed by atoms with van der Waals surface area (Å²) in [5.41, 5.74) is 5.88. The van der Waals surface area contributed by atoms with Gasteiger partial charge in [-0.3, -0.25) is 0 Å². The van der Waals surface area contributed by atoms with Gasteiger partial charge in [-0.25, -0.2) is 9.48 Å². The third-order valence-electron chi connectivity index (χ3n) is 1.80. The van der Waals surface area contributed by atoms with Crippen molar-refractivity contribution in [1.29, 1.82) is 0 Å². The van der Waals surface area contributed by atoms with E-state index in [0.717, 1.165) is 0 Å². The number of ether oxygens (including phenoxy) is 2. The Morgan fingerprint density at radius 1 is 1.67 bits per heavy atom. The standard InChI is InChI=1S/C9H15N3O3/c1-3-15-9(13)7-6-8(10)12(11-7)4-5-14-2/h6H,3-5,10H2,1-2H3. The van der Waals surface area contributed by atoms with Crippen LogP contribution >= 0.6 is 0 Å². The second kappa shape index (κ2) is 5.35. The molecule has 6 heteroatoms. The average Bonchev–Trinajstić information content (AvgIpc) is 2.57. The van der Waals surface area contributed by atoms with Crippen molar-refractivity contribution >= 4 is 11.8 Å². The molecule has 15 heavy (non-hydrogen) atoms. The van der Waals surface area contributed by atoms with Crippen molar-refractivity contribution in [3.05, 3.63) is 11.8 Å². The lowest BCUT2D eigenvalue weighted by Crippen LogP contribution is -2.10. The van der Waals surface area contributed by atoms with E-state index in [1.54, 1.807) is 14.0 Å². The van der Waals surface area contributed by atoms with Gasteiger partial charge in [-0.15, -0.1) is 0 Å². The molecule has 0 unspecified atom stereocenters. The summed E-state index contributed by atoms with van der Waals surface area (Å²) in [4.78, 5) is 11.3. The quantitative estimate of drug-likeness (QED) is 0.711. The summed E-state index contributed by atoms with van der Waals surface area (Å²) >= 11 is 0. The van der Waals surface area contributed by atoms with E-state index < -0.39 is 5.97 Å². The zero-order valence-corrected chi connectivity index (χ0v) is 8.90. The van der Waals surface area contributed by atoms with Crippen LogP contribution in [0.2, 0.25) is 0 Å². The van der Waals surface area contributed by atoms with E-state index in [9.17, 15) is 4.79 Å². The van der Waals surface area contributed by atoms with Crippen molar-refractivity contribution in [1.82, 2.24) is 9.78 Å². The monoisotopic (exact) mass is 213 g/mol. The molecule has 1 aromatic rings. The fourth-order valence-corrected chi connectivity index (χ4v) is 1.09. The van der Waals surface area contributed by atoms with Gasteiger partial charge in [0.15, 0.2) is 5.69 Å². The Bertz CT molecular complexity index is 335. The number of nitrogens with two attached hydrogens (primary N) is 1. The van der Waals surface area contributed by atoms with Gasteiger partial charge in [-0.1, -0.05) is 0 Å². The van der Waals surface area contributed by atoms with Crippen LogP contribution in [0.25, 0.3) is 0 Å². The molecule has 0 aliphatic heterocycles. The highest BCUT2D eigenvalue weighted by atomic mass is 16.5. The number of nitrogen functional groups attached to an aromatic ring is 1. The van der Waals surface area contributed by atoms with Crippen LogP contribution in [0.4, 0.5) is 5.82 Å². The fraction of sp³-hybridized carbons (Fsp3) is 0.556. The molecular weight excluding hydrogens is 198 g/mol. The highest BCUT2D eigenvalue weighted by molar-refractivity contribution is 5.88. The minimum absolute atomic E-state index is 0.227. The number of anilines is 1. The number of carbonyl (C=O) groups excluding carboxylic acids is 1. The Balaban J connectivity index is 2.71. The molecule has 0 aromatic carbocycles. The van der Waals surface area contributed by atoms with Crippen LogP contribution < -0.4 is 5.73 Å². The lowest BCUT2D eigenvalue weighted by Gasteiger charge is -2.01. The van der Waals surface area contributed by atoms with Gasteiger partial charge in [0, 0.05) is 13.2 Å². The molecular formula is C9H15N3O3. The number of nitrogens with zero attached hydrogens (tertiary/aromatic N) is 2. The van der Waals surface area contributed by atoms with E-state index in [4.69, 9.17) is 15.2 Å². The minimum atomic E-state index is -0.458. The van der Waals surface area contributed by atoms with Crippen molar-refractivity contribution in [2.45, 2.75) is 13.5 Å². The SMILES string of the molecule is CCOC(=O)c1cc(N)n(CCOC)n1. The average molecular weight is 213 g/mol. The lowest BCUT2D eigenvalue weighted by molar-refractivity contribution is 0.0518. The molecule has 0 fully saturated rings. The molecule has 1 aromatic heterocycles. The maximum absolute atomic E-state index is 11.3. The van der Waals surface area contributed by atoms with Crippen molar-refractivity contribution in [3.8, 4) is 0 Å². The molecule has 0 spiro atoms. The third kappa shape index (κ3) is 2.95. The van der Waals surface area contributed by atoms with Crippen molar-refractivity contribution < 1.29 is 14.3 Å². The summed E-state index contributed by atoms with van der Waals surface area (Å²) in [5.74, 6) is -0.0320. The van der Waals surface area contributed by atoms with Crippen LogP contribution in [0.15, 0.2) is 6.07 Å². The summed E-state index contributed by atoms with van der Waals surface area (Å²) in [6, 6.07) is 1.49. The first-order chi connectivity index (χ1) is 7.19. The highest BCUT2D eigenvalue weighted by Crippen LogP contribution is 2.07. The molecule has 0 bridgehead atoms. The molecule has 0 aliphatic carbocycles. The lowest BCUT2D eigenvalue weighted by atomic mass is 10.4. The number of aromatic nitrogens is 2. The predicted molar refractivity (Wildman–Crippen MR) is 54.5 cm³/mol. The molecule has 1 rings (SSSR count). The van der Waals surface area contributed by atoms with Crippen LogP contribution in [0.1, 0.15) is 17.4 Å². The summed E-state index contributed by atoms with van der Waals surface area (Å²) in [5, 5.41) is 4.00. The van der Waals surface area contributed by atoms with Gasteiger partial charge in [0.1, 0.15) is 5.82 Å². The number of methoxy groups -OCH3 is 1. The second-order valence-electron chi connectivity index (χ2n) is 2.89. The van der Waals surface area contributed by atoms with E-state index in [1.165, 1.54) is 10.7 Å². The Morgan fingerprint density at radius 2 is 2.40 bits per heavy atom. The Labute approximate surface area is 88.0 Å². The molecule has 0 aliphatic rings. The zero-order chi connectivity index (χ0) is 11.3. The highest BCUT2D eigenvalue weighted by Gasteiger charge is 2.13. The first-order valence-corrected chi connectivity index (χ1v) is 4.68. The number of carbonyl (C=O) groups is 1. The van der Waals surface area contributed by atoms with E-state index in [2.05, 4.69) is 5.10 Å². The summed E-state index contributed by atoms with van der Waals surface area (Å²) in [6.45, 7) is 3.07. The van der Waals surface area contributed by atoms with Gasteiger partial charge >= 0.3 is 5.97 Å². The topological polar surface area (TPSA) is 79.4 Å². The van der Waals surface area contributed by atoms with Crippen molar-refractivity contribution in [2.75, 3.05) is 26.1 Å². The van der Waals surface area contributed by atoms with Crippen LogP contribution in [-0.2, 0) is 16.0 Å². The van der Waals surface area contributed by atoms with Crippen molar-refractivity contribution in [3.63, 3.8) is 0 Å². The second-order valence-corrected chi connectivity index (χ2v) is 2.89.